The Hall–Kier alpha value is -2.56. The van der Waals surface area contributed by atoms with E-state index in [0.717, 1.165) is 9.87 Å². The second-order valence-corrected chi connectivity index (χ2v) is 11.6. The summed E-state index contributed by atoms with van der Waals surface area (Å²) in [5.74, 6) is -4.99. The van der Waals surface area contributed by atoms with Crippen LogP contribution in [-0.4, -0.2) is 48.2 Å². The summed E-state index contributed by atoms with van der Waals surface area (Å²) in [6, 6.07) is 10.2. The quantitative estimate of drug-likeness (QED) is 0.534. The van der Waals surface area contributed by atoms with Crippen LogP contribution in [0.4, 0.5) is 8.78 Å². The average Bonchev–Trinajstić information content (AvgIpc) is 2.88. The van der Waals surface area contributed by atoms with Crippen LogP contribution in [0, 0.1) is 0 Å². The van der Waals surface area contributed by atoms with E-state index in [2.05, 4.69) is 5.32 Å². The molecule has 0 radical (unpaired) electrons. The molecule has 0 bridgehead atoms. The topological polar surface area (TPSA) is 104 Å². The van der Waals surface area contributed by atoms with Crippen LogP contribution in [0.25, 0.3) is 0 Å². The zero-order valence-electron chi connectivity index (χ0n) is 19.3. The molecular weight excluding hydrogens is 502 g/mol. The van der Waals surface area contributed by atoms with E-state index in [1.54, 1.807) is 38.1 Å². The third-order valence-electron chi connectivity index (χ3n) is 6.02. The number of alkyl halides is 2. The monoisotopic (exact) mass is 528 g/mol. The van der Waals surface area contributed by atoms with Crippen molar-refractivity contribution in [1.82, 2.24) is 9.62 Å². The van der Waals surface area contributed by atoms with E-state index < -0.39 is 52.1 Å². The van der Waals surface area contributed by atoms with Gasteiger partial charge in [-0.15, -0.1) is 0 Å². The molecule has 1 aliphatic heterocycles. The molecule has 1 heterocycles. The Morgan fingerprint density at radius 2 is 1.77 bits per heavy atom. The second-order valence-electron chi connectivity index (χ2n) is 9.27. The van der Waals surface area contributed by atoms with Crippen molar-refractivity contribution >= 4 is 33.5 Å². The number of amides is 1. The minimum atomic E-state index is -4.37. The number of carbonyl (C=O) groups excluding carboxylic acids is 1. The normalized spacial score (nSPS) is 18.7. The van der Waals surface area contributed by atoms with Crippen molar-refractivity contribution in [1.29, 1.82) is 0 Å². The van der Waals surface area contributed by atoms with E-state index in [0.29, 0.717) is 10.6 Å². The van der Waals surface area contributed by atoms with Gasteiger partial charge in [0, 0.05) is 36.4 Å². The fourth-order valence-electron chi connectivity index (χ4n) is 4.02. The molecule has 190 valence electrons. The molecule has 0 aliphatic carbocycles. The van der Waals surface area contributed by atoms with Gasteiger partial charge in [0.1, 0.15) is 6.04 Å². The molecular formula is C24H27ClF2N2O5S. The summed E-state index contributed by atoms with van der Waals surface area (Å²) >= 11 is 5.88. The molecule has 3 rings (SSSR count). The number of nitrogens with one attached hydrogen (secondary N) is 1. The lowest BCUT2D eigenvalue weighted by Crippen LogP contribution is -2.49. The Morgan fingerprint density at radius 3 is 2.34 bits per heavy atom. The van der Waals surface area contributed by atoms with Gasteiger partial charge in [-0.25, -0.2) is 17.2 Å². The van der Waals surface area contributed by atoms with Crippen molar-refractivity contribution in [3.63, 3.8) is 0 Å². The first-order chi connectivity index (χ1) is 16.2. The molecule has 1 amide bonds. The molecule has 1 aliphatic rings. The van der Waals surface area contributed by atoms with Crippen LogP contribution in [0.2, 0.25) is 5.02 Å². The van der Waals surface area contributed by atoms with Gasteiger partial charge in [0.25, 0.3) is 5.92 Å². The Balaban J connectivity index is 2.01. The minimum Gasteiger partial charge on any atom is -0.481 e. The summed E-state index contributed by atoms with van der Waals surface area (Å²) in [5, 5.41) is 11.8. The predicted octanol–water partition coefficient (Wildman–Crippen LogP) is 4.20. The SMILES string of the molecule is CC(C)(CC(=O)O)c1ccc(CN([C@@H]2CC(F)(F)CCNC2=O)S(=O)(=O)c2ccc(Cl)cc2)cc1. The van der Waals surface area contributed by atoms with Crippen molar-refractivity contribution < 1.29 is 31.9 Å². The van der Waals surface area contributed by atoms with Gasteiger partial charge in [0.15, 0.2) is 0 Å². The van der Waals surface area contributed by atoms with Gasteiger partial charge in [0.2, 0.25) is 15.9 Å². The molecule has 11 heteroatoms. The van der Waals surface area contributed by atoms with Gasteiger partial charge in [-0.3, -0.25) is 9.59 Å². The van der Waals surface area contributed by atoms with Crippen LogP contribution in [0.3, 0.4) is 0 Å². The van der Waals surface area contributed by atoms with Gasteiger partial charge in [-0.2, -0.15) is 4.31 Å². The summed E-state index contributed by atoms with van der Waals surface area (Å²) in [6.45, 7) is 2.94. The van der Waals surface area contributed by atoms with E-state index in [4.69, 9.17) is 16.7 Å². The molecule has 0 spiro atoms. The highest BCUT2D eigenvalue weighted by molar-refractivity contribution is 7.89. The highest BCUT2D eigenvalue weighted by Crippen LogP contribution is 2.33. The molecule has 0 aromatic heterocycles. The number of carboxylic acids is 1. The fraction of sp³-hybridized carbons (Fsp3) is 0.417. The molecule has 0 unspecified atom stereocenters. The fourth-order valence-corrected chi connectivity index (χ4v) is 5.72. The maximum absolute atomic E-state index is 14.4. The number of halogens is 3. The lowest BCUT2D eigenvalue weighted by Gasteiger charge is -2.31. The number of nitrogens with zero attached hydrogens (tertiary/aromatic N) is 1. The Bertz CT molecular complexity index is 1190. The standard InChI is InChI=1S/C24H27ClF2N2O5S/c1-23(2,14-21(30)31)17-5-3-16(4-6-17)15-29(20-13-24(26,27)11-12-28-22(20)32)35(33,34)19-9-7-18(25)8-10-19/h3-10,20H,11-15H2,1-2H3,(H,28,32)(H,30,31)/t20-/m1/s1. The first-order valence-electron chi connectivity index (χ1n) is 11.0. The van der Waals surface area contributed by atoms with Crippen LogP contribution < -0.4 is 5.32 Å². The van der Waals surface area contributed by atoms with E-state index in [1.165, 1.54) is 24.3 Å². The minimum absolute atomic E-state index is 0.110. The van der Waals surface area contributed by atoms with Gasteiger partial charge in [-0.1, -0.05) is 49.7 Å². The maximum atomic E-state index is 14.4. The van der Waals surface area contributed by atoms with Crippen molar-refractivity contribution in [2.75, 3.05) is 6.54 Å². The van der Waals surface area contributed by atoms with Crippen molar-refractivity contribution in [2.24, 2.45) is 0 Å². The largest absolute Gasteiger partial charge is 0.481 e. The van der Waals surface area contributed by atoms with E-state index in [1.807, 2.05) is 0 Å². The van der Waals surface area contributed by atoms with Gasteiger partial charge < -0.3 is 10.4 Å². The highest BCUT2D eigenvalue weighted by Gasteiger charge is 2.45. The zero-order valence-corrected chi connectivity index (χ0v) is 20.9. The van der Waals surface area contributed by atoms with Crippen molar-refractivity contribution in [2.45, 2.75) is 61.9 Å². The van der Waals surface area contributed by atoms with Crippen LogP contribution in [0.1, 0.15) is 44.2 Å². The van der Waals surface area contributed by atoms with Crippen LogP contribution in [-0.2, 0) is 31.6 Å². The number of benzene rings is 2. The number of hydrogen-bond acceptors (Lipinski definition) is 4. The number of hydrogen-bond donors (Lipinski definition) is 2. The summed E-state index contributed by atoms with van der Waals surface area (Å²) in [5.41, 5.74) is 0.495. The molecule has 7 nitrogen and oxygen atoms in total. The van der Waals surface area contributed by atoms with E-state index in [-0.39, 0.29) is 24.4 Å². The number of rotatable bonds is 8. The third-order valence-corrected chi connectivity index (χ3v) is 8.14. The molecule has 1 saturated heterocycles. The van der Waals surface area contributed by atoms with E-state index in [9.17, 15) is 26.8 Å². The van der Waals surface area contributed by atoms with Gasteiger partial charge in [0.05, 0.1) is 11.3 Å². The van der Waals surface area contributed by atoms with Crippen LogP contribution in [0.15, 0.2) is 53.4 Å². The molecule has 2 aromatic carbocycles. The molecule has 2 N–H and O–H groups in total. The summed E-state index contributed by atoms with van der Waals surface area (Å²) in [6.07, 6.45) is -1.65. The average molecular weight is 529 g/mol. The number of sulfonamides is 1. The second kappa shape index (κ2) is 10.2. The molecule has 1 fully saturated rings. The smallest absolute Gasteiger partial charge is 0.304 e. The Labute approximate surface area is 208 Å². The zero-order chi connectivity index (χ0) is 26.0. The first kappa shape index (κ1) is 27.0. The van der Waals surface area contributed by atoms with Crippen LogP contribution >= 0.6 is 11.6 Å². The lowest BCUT2D eigenvalue weighted by atomic mass is 9.81. The Morgan fingerprint density at radius 1 is 1.17 bits per heavy atom. The van der Waals surface area contributed by atoms with Crippen LogP contribution in [0.5, 0.6) is 0 Å². The molecule has 1 atom stereocenters. The maximum Gasteiger partial charge on any atom is 0.304 e. The summed E-state index contributed by atoms with van der Waals surface area (Å²) in [4.78, 5) is 23.7. The van der Waals surface area contributed by atoms with Gasteiger partial charge >= 0.3 is 5.97 Å². The van der Waals surface area contributed by atoms with E-state index >= 15 is 0 Å². The Kier molecular flexibility index (Phi) is 7.88. The molecule has 35 heavy (non-hydrogen) atoms. The number of aliphatic carboxylic acids is 1. The first-order valence-corrected chi connectivity index (χ1v) is 12.8. The number of carboxylic acid groups (broad SMARTS) is 1. The molecule has 2 aromatic rings. The summed E-state index contributed by atoms with van der Waals surface area (Å²) < 4.78 is 56.8. The predicted molar refractivity (Wildman–Crippen MR) is 127 cm³/mol. The highest BCUT2D eigenvalue weighted by atomic mass is 35.5. The lowest BCUT2D eigenvalue weighted by molar-refractivity contribution is -0.138. The third kappa shape index (κ3) is 6.56. The molecule has 0 saturated carbocycles. The summed E-state index contributed by atoms with van der Waals surface area (Å²) in [7, 11) is -4.37. The van der Waals surface area contributed by atoms with Crippen molar-refractivity contribution in [3.05, 3.63) is 64.7 Å². The van der Waals surface area contributed by atoms with Gasteiger partial charge in [-0.05, 0) is 35.4 Å². The number of carbonyl (C=O) groups is 2. The van der Waals surface area contributed by atoms with Crippen molar-refractivity contribution in [3.8, 4) is 0 Å².